The fourth-order valence-electron chi connectivity index (χ4n) is 5.11. The number of hydrogen-bond acceptors (Lipinski definition) is 6. The highest BCUT2D eigenvalue weighted by molar-refractivity contribution is 7.89. The second-order valence-corrected chi connectivity index (χ2v) is 11.1. The van der Waals surface area contributed by atoms with E-state index in [0.717, 1.165) is 30.2 Å². The van der Waals surface area contributed by atoms with Gasteiger partial charge in [-0.15, -0.1) is 0 Å². The molecule has 9 nitrogen and oxygen atoms in total. The van der Waals surface area contributed by atoms with E-state index in [2.05, 4.69) is 14.9 Å². The van der Waals surface area contributed by atoms with Crippen LogP contribution in [-0.2, 0) is 14.8 Å². The minimum Gasteiger partial charge on any atom is -0.337 e. The largest absolute Gasteiger partial charge is 0.337 e. The van der Waals surface area contributed by atoms with Crippen LogP contribution < -0.4 is 4.90 Å². The fraction of sp³-hybridized carbons (Fsp3) is 0.480. The number of piperazine rings is 1. The predicted molar refractivity (Wildman–Crippen MR) is 135 cm³/mol. The maximum atomic E-state index is 13.5. The van der Waals surface area contributed by atoms with Crippen molar-refractivity contribution >= 4 is 32.8 Å². The normalized spacial score (nSPS) is 18.7. The van der Waals surface area contributed by atoms with Crippen LogP contribution in [0.15, 0.2) is 53.8 Å². The van der Waals surface area contributed by atoms with Crippen LogP contribution in [0.4, 0.5) is 5.95 Å². The Morgan fingerprint density at radius 2 is 1.69 bits per heavy atom. The lowest BCUT2D eigenvalue weighted by molar-refractivity contribution is -0.135. The van der Waals surface area contributed by atoms with Crippen molar-refractivity contribution in [3.63, 3.8) is 0 Å². The molecule has 2 aliphatic heterocycles. The SMILES string of the molecule is CC[C@@H](C(=O)N1CCN(c2ncccn2)CC1)n1ccc2cc(S(=O)(=O)N3CCCCC3)ccc21. The molecule has 0 bridgehead atoms. The maximum absolute atomic E-state index is 13.5. The number of aromatic nitrogens is 3. The molecule has 0 aliphatic carbocycles. The smallest absolute Gasteiger partial charge is 0.245 e. The van der Waals surface area contributed by atoms with Gasteiger partial charge in [-0.3, -0.25) is 4.79 Å². The lowest BCUT2D eigenvalue weighted by Gasteiger charge is -2.36. The van der Waals surface area contributed by atoms with Gasteiger partial charge < -0.3 is 14.4 Å². The molecule has 2 aliphatic rings. The highest BCUT2D eigenvalue weighted by Crippen LogP contribution is 2.28. The van der Waals surface area contributed by atoms with Crippen molar-refractivity contribution in [1.82, 2.24) is 23.7 Å². The first-order valence-electron chi connectivity index (χ1n) is 12.4. The Balaban J connectivity index is 1.33. The lowest BCUT2D eigenvalue weighted by Crippen LogP contribution is -2.51. The Hall–Kier alpha value is -2.98. The monoisotopic (exact) mass is 496 g/mol. The molecule has 3 aromatic rings. The molecule has 1 atom stereocenters. The molecule has 2 saturated heterocycles. The molecule has 186 valence electrons. The van der Waals surface area contributed by atoms with Crippen LogP contribution in [0.5, 0.6) is 0 Å². The molecule has 1 amide bonds. The summed E-state index contributed by atoms with van der Waals surface area (Å²) in [7, 11) is -3.50. The van der Waals surface area contributed by atoms with Crippen LogP contribution in [0, 0.1) is 0 Å². The van der Waals surface area contributed by atoms with E-state index in [4.69, 9.17) is 0 Å². The molecule has 4 heterocycles. The van der Waals surface area contributed by atoms with Crippen molar-refractivity contribution in [2.75, 3.05) is 44.2 Å². The van der Waals surface area contributed by atoms with Crippen molar-refractivity contribution in [1.29, 1.82) is 0 Å². The molecule has 0 N–H and O–H groups in total. The van der Waals surface area contributed by atoms with Crippen LogP contribution in [0.25, 0.3) is 10.9 Å². The second kappa shape index (κ2) is 9.94. The minimum atomic E-state index is -3.50. The third kappa shape index (κ3) is 4.64. The zero-order valence-electron chi connectivity index (χ0n) is 20.1. The summed E-state index contributed by atoms with van der Waals surface area (Å²) in [6.07, 6.45) is 8.91. The zero-order chi connectivity index (χ0) is 24.4. The summed E-state index contributed by atoms with van der Waals surface area (Å²) in [6.45, 7) is 5.79. The van der Waals surface area contributed by atoms with E-state index in [1.807, 2.05) is 34.7 Å². The van der Waals surface area contributed by atoms with Crippen LogP contribution >= 0.6 is 0 Å². The molecule has 35 heavy (non-hydrogen) atoms. The van der Waals surface area contributed by atoms with Crippen molar-refractivity contribution in [2.45, 2.75) is 43.5 Å². The van der Waals surface area contributed by atoms with E-state index in [1.165, 1.54) is 0 Å². The van der Waals surface area contributed by atoms with Gasteiger partial charge in [-0.25, -0.2) is 18.4 Å². The number of anilines is 1. The molecular weight excluding hydrogens is 464 g/mol. The average Bonchev–Trinajstić information content (AvgIpc) is 3.33. The van der Waals surface area contributed by atoms with E-state index in [9.17, 15) is 13.2 Å². The number of piperidine rings is 1. The van der Waals surface area contributed by atoms with Crippen molar-refractivity contribution in [2.24, 2.45) is 0 Å². The Morgan fingerprint density at radius 1 is 0.971 bits per heavy atom. The number of sulfonamides is 1. The first-order valence-corrected chi connectivity index (χ1v) is 13.8. The first kappa shape index (κ1) is 23.7. The summed E-state index contributed by atoms with van der Waals surface area (Å²) in [4.78, 5) is 26.5. The van der Waals surface area contributed by atoms with Gasteiger partial charge in [-0.1, -0.05) is 13.3 Å². The number of nitrogens with zero attached hydrogens (tertiary/aromatic N) is 6. The standard InChI is InChI=1S/C25H32N6O3S/c1-2-22(24(32)28-15-17-29(18-16-28)25-26-10-6-11-27-25)31-14-9-20-19-21(7-8-23(20)31)35(33,34)30-12-4-3-5-13-30/h6-11,14,19,22H,2-5,12-13,15-18H2,1H3/t22-/m0/s1. The van der Waals surface area contributed by atoms with Crippen molar-refractivity contribution in [3.8, 4) is 0 Å². The fourth-order valence-corrected chi connectivity index (χ4v) is 6.66. The van der Waals surface area contributed by atoms with E-state index in [1.54, 1.807) is 34.9 Å². The van der Waals surface area contributed by atoms with E-state index >= 15 is 0 Å². The lowest BCUT2D eigenvalue weighted by atomic mass is 10.1. The number of hydrogen-bond donors (Lipinski definition) is 0. The molecule has 5 rings (SSSR count). The van der Waals surface area contributed by atoms with Gasteiger partial charge in [0.2, 0.25) is 21.9 Å². The van der Waals surface area contributed by atoms with Gasteiger partial charge in [-0.05, 0) is 49.6 Å². The Kier molecular flexibility index (Phi) is 6.75. The van der Waals surface area contributed by atoms with Gasteiger partial charge in [0.25, 0.3) is 0 Å². The van der Waals surface area contributed by atoms with Gasteiger partial charge in [0.1, 0.15) is 6.04 Å². The van der Waals surface area contributed by atoms with Gasteiger partial charge >= 0.3 is 0 Å². The molecule has 10 heteroatoms. The minimum absolute atomic E-state index is 0.0867. The van der Waals surface area contributed by atoms with E-state index in [-0.39, 0.29) is 11.9 Å². The summed E-state index contributed by atoms with van der Waals surface area (Å²) in [5.41, 5.74) is 0.874. The Labute approximate surface area is 206 Å². The predicted octanol–water partition coefficient (Wildman–Crippen LogP) is 2.91. The summed E-state index contributed by atoms with van der Waals surface area (Å²) < 4.78 is 29.8. The number of carbonyl (C=O) groups is 1. The molecule has 2 aromatic heterocycles. The average molecular weight is 497 g/mol. The van der Waals surface area contributed by atoms with Crippen LogP contribution in [0.3, 0.4) is 0 Å². The molecule has 0 spiro atoms. The van der Waals surface area contributed by atoms with Crippen molar-refractivity contribution in [3.05, 3.63) is 48.9 Å². The highest BCUT2D eigenvalue weighted by atomic mass is 32.2. The summed E-state index contributed by atoms with van der Waals surface area (Å²) >= 11 is 0. The molecule has 0 saturated carbocycles. The molecule has 0 unspecified atom stereocenters. The van der Waals surface area contributed by atoms with Crippen LogP contribution in [0.2, 0.25) is 0 Å². The highest BCUT2D eigenvalue weighted by Gasteiger charge is 2.30. The third-order valence-corrected chi connectivity index (χ3v) is 8.97. The van der Waals surface area contributed by atoms with Crippen molar-refractivity contribution < 1.29 is 13.2 Å². The van der Waals surface area contributed by atoms with E-state index < -0.39 is 10.0 Å². The van der Waals surface area contributed by atoms with Gasteiger partial charge in [0.05, 0.1) is 4.90 Å². The molecule has 2 fully saturated rings. The topological polar surface area (TPSA) is 91.6 Å². The zero-order valence-corrected chi connectivity index (χ0v) is 20.9. The first-order chi connectivity index (χ1) is 17.0. The summed E-state index contributed by atoms with van der Waals surface area (Å²) in [5.74, 6) is 0.780. The second-order valence-electron chi connectivity index (χ2n) is 9.19. The number of rotatable bonds is 6. The number of carbonyl (C=O) groups excluding carboxylic acids is 1. The van der Waals surface area contributed by atoms with Crippen LogP contribution in [-0.4, -0.2) is 77.3 Å². The van der Waals surface area contributed by atoms with Gasteiger partial charge in [0, 0.05) is 68.8 Å². The van der Waals surface area contributed by atoms with Gasteiger partial charge in [-0.2, -0.15) is 4.31 Å². The number of fused-ring (bicyclic) bond motifs is 1. The Morgan fingerprint density at radius 3 is 2.37 bits per heavy atom. The third-order valence-electron chi connectivity index (χ3n) is 7.08. The quantitative estimate of drug-likeness (QED) is 0.521. The summed E-state index contributed by atoms with van der Waals surface area (Å²) in [5, 5.41) is 0.834. The molecular formula is C25H32N6O3S. The molecule has 0 radical (unpaired) electrons. The van der Waals surface area contributed by atoms with E-state index in [0.29, 0.717) is 56.5 Å². The molecule has 1 aromatic carbocycles. The van der Waals surface area contributed by atoms with Crippen LogP contribution in [0.1, 0.15) is 38.6 Å². The van der Waals surface area contributed by atoms with Gasteiger partial charge in [0.15, 0.2) is 0 Å². The summed E-state index contributed by atoms with van der Waals surface area (Å²) in [6, 6.07) is 8.63. The Bertz CT molecular complexity index is 1280. The number of amides is 1. The maximum Gasteiger partial charge on any atom is 0.245 e. The number of benzene rings is 1.